The van der Waals surface area contributed by atoms with Gasteiger partial charge in [-0.1, -0.05) is 48.0 Å². The first-order chi connectivity index (χ1) is 11.6. The first-order valence-electron chi connectivity index (χ1n) is 7.86. The van der Waals surface area contributed by atoms with Crippen LogP contribution in [0.2, 0.25) is 0 Å². The second-order valence-corrected chi connectivity index (χ2v) is 6.06. The third-order valence-electron chi connectivity index (χ3n) is 3.72. The van der Waals surface area contributed by atoms with Crippen molar-refractivity contribution in [2.75, 3.05) is 7.11 Å². The molecular weight excluding hydrogens is 372 g/mol. The molecular formula is C19H21BrO4. The summed E-state index contributed by atoms with van der Waals surface area (Å²) in [5, 5.41) is 0. The molecule has 0 radical (unpaired) electrons. The van der Waals surface area contributed by atoms with Gasteiger partial charge < -0.3 is 14.2 Å². The quantitative estimate of drug-likeness (QED) is 0.494. The number of carbonyl (C=O) groups excluding carboxylic acids is 1. The summed E-state index contributed by atoms with van der Waals surface area (Å²) in [6.07, 6.45) is 1.13. The lowest BCUT2D eigenvalue weighted by Gasteiger charge is -2.15. The number of halogens is 1. The van der Waals surface area contributed by atoms with Crippen LogP contribution in [0, 0.1) is 0 Å². The fourth-order valence-electron chi connectivity index (χ4n) is 2.33. The highest BCUT2D eigenvalue weighted by Crippen LogP contribution is 2.30. The van der Waals surface area contributed by atoms with Gasteiger partial charge in [-0.2, -0.15) is 0 Å². The zero-order chi connectivity index (χ0) is 17.5. The Bertz CT molecular complexity index is 713. The van der Waals surface area contributed by atoms with Crippen LogP contribution in [-0.4, -0.2) is 13.3 Å². The van der Waals surface area contributed by atoms with Crippen LogP contribution >= 0.6 is 15.9 Å². The van der Waals surface area contributed by atoms with Crippen molar-refractivity contribution >= 4 is 22.1 Å². The maximum absolute atomic E-state index is 11.4. The minimum Gasteiger partial charge on any atom is -0.488 e. The molecule has 0 atom stereocenters. The predicted octanol–water partition coefficient (Wildman–Crippen LogP) is 5.30. The van der Waals surface area contributed by atoms with Gasteiger partial charge in [0.2, 0.25) is 0 Å². The van der Waals surface area contributed by atoms with Crippen LogP contribution in [0.5, 0.6) is 11.5 Å². The molecule has 2 aromatic rings. The number of carbonyl (C=O) groups is 1. The van der Waals surface area contributed by atoms with Gasteiger partial charge in [0.05, 0.1) is 7.11 Å². The lowest BCUT2D eigenvalue weighted by Crippen LogP contribution is -2.10. The second kappa shape index (κ2) is 8.73. The number of methoxy groups -OCH3 is 1. The lowest BCUT2D eigenvalue weighted by atomic mass is 10.1. The van der Waals surface area contributed by atoms with E-state index < -0.39 is 6.16 Å². The number of rotatable bonds is 6. The summed E-state index contributed by atoms with van der Waals surface area (Å²) < 4.78 is 16.5. The molecule has 0 N–H and O–H groups in total. The van der Waals surface area contributed by atoms with Crippen molar-refractivity contribution in [2.45, 2.75) is 33.3 Å². The summed E-state index contributed by atoms with van der Waals surface area (Å²) in [6, 6.07) is 11.6. The van der Waals surface area contributed by atoms with Crippen molar-refractivity contribution in [3.05, 3.63) is 57.6 Å². The maximum atomic E-state index is 11.4. The van der Waals surface area contributed by atoms with Gasteiger partial charge in [-0.05, 0) is 42.2 Å². The Labute approximate surface area is 150 Å². The van der Waals surface area contributed by atoms with E-state index in [4.69, 9.17) is 9.47 Å². The van der Waals surface area contributed by atoms with Gasteiger partial charge >= 0.3 is 6.16 Å². The number of benzene rings is 2. The Hall–Kier alpha value is -2.01. The molecule has 4 nitrogen and oxygen atoms in total. The monoisotopic (exact) mass is 392 g/mol. The highest BCUT2D eigenvalue weighted by Gasteiger charge is 2.14. The van der Waals surface area contributed by atoms with E-state index in [-0.39, 0.29) is 6.61 Å². The van der Waals surface area contributed by atoms with Crippen molar-refractivity contribution in [2.24, 2.45) is 0 Å². The summed E-state index contributed by atoms with van der Waals surface area (Å²) in [4.78, 5) is 11.4. The van der Waals surface area contributed by atoms with Crippen LogP contribution in [-0.2, 0) is 24.2 Å². The molecule has 2 aromatic carbocycles. The van der Waals surface area contributed by atoms with Crippen molar-refractivity contribution in [3.63, 3.8) is 0 Å². The molecule has 0 fully saturated rings. The predicted molar refractivity (Wildman–Crippen MR) is 96.7 cm³/mol. The van der Waals surface area contributed by atoms with E-state index in [0.29, 0.717) is 5.75 Å². The third-order valence-corrected chi connectivity index (χ3v) is 4.46. The summed E-state index contributed by atoms with van der Waals surface area (Å²) in [5.41, 5.74) is 3.20. The van der Waals surface area contributed by atoms with Crippen LogP contribution in [0.4, 0.5) is 4.79 Å². The molecule has 0 aliphatic heterocycles. The number of ether oxygens (including phenoxy) is 3. The van der Waals surface area contributed by atoms with E-state index >= 15 is 0 Å². The fourth-order valence-corrected chi connectivity index (χ4v) is 2.79. The van der Waals surface area contributed by atoms with Crippen LogP contribution in [0.15, 0.2) is 40.9 Å². The van der Waals surface area contributed by atoms with Gasteiger partial charge in [-0.25, -0.2) is 4.79 Å². The molecule has 0 saturated carbocycles. The van der Waals surface area contributed by atoms with Gasteiger partial charge in [0.15, 0.2) is 0 Å². The molecule has 0 spiro atoms. The van der Waals surface area contributed by atoms with E-state index in [1.807, 2.05) is 12.1 Å². The first kappa shape index (κ1) is 18.3. The number of hydrogen-bond donors (Lipinski definition) is 0. The van der Waals surface area contributed by atoms with Gasteiger partial charge in [0.1, 0.15) is 18.1 Å². The smallest absolute Gasteiger partial charge is 0.488 e. The SMILES string of the molecule is CCc1ccc(OCc2c(Br)cccc2OC(=O)OC)c(CC)c1. The zero-order valence-electron chi connectivity index (χ0n) is 14.1. The largest absolute Gasteiger partial charge is 0.513 e. The molecule has 0 aliphatic rings. The molecule has 0 aromatic heterocycles. The third kappa shape index (κ3) is 4.51. The standard InChI is InChI=1S/C19H21BrO4/c1-4-13-9-10-17(14(5-2)11-13)23-12-15-16(20)7-6-8-18(15)24-19(21)22-3/h6-11H,4-5,12H2,1-3H3. The molecule has 0 saturated heterocycles. The van der Waals surface area contributed by atoms with E-state index in [1.165, 1.54) is 12.7 Å². The zero-order valence-corrected chi connectivity index (χ0v) is 15.7. The van der Waals surface area contributed by atoms with Crippen molar-refractivity contribution in [3.8, 4) is 11.5 Å². The molecule has 5 heteroatoms. The van der Waals surface area contributed by atoms with Crippen LogP contribution in [0.3, 0.4) is 0 Å². The van der Waals surface area contributed by atoms with Crippen molar-refractivity contribution in [1.82, 2.24) is 0 Å². The Balaban J connectivity index is 2.21. The van der Waals surface area contributed by atoms with Crippen LogP contribution in [0.1, 0.15) is 30.5 Å². The molecule has 0 aliphatic carbocycles. The number of aryl methyl sites for hydroxylation is 2. The molecule has 0 amide bonds. The lowest BCUT2D eigenvalue weighted by molar-refractivity contribution is 0.120. The second-order valence-electron chi connectivity index (χ2n) is 5.21. The summed E-state index contributed by atoms with van der Waals surface area (Å²) >= 11 is 3.48. The van der Waals surface area contributed by atoms with Gasteiger partial charge in [0.25, 0.3) is 0 Å². The highest BCUT2D eigenvalue weighted by atomic mass is 79.9. The molecule has 0 heterocycles. The van der Waals surface area contributed by atoms with E-state index in [9.17, 15) is 4.79 Å². The Morgan fingerprint density at radius 2 is 1.88 bits per heavy atom. The minimum absolute atomic E-state index is 0.284. The summed E-state index contributed by atoms with van der Waals surface area (Å²) in [6.45, 7) is 4.52. The highest BCUT2D eigenvalue weighted by molar-refractivity contribution is 9.10. The van der Waals surface area contributed by atoms with E-state index in [1.54, 1.807) is 12.1 Å². The molecule has 0 unspecified atom stereocenters. The minimum atomic E-state index is -0.754. The average molecular weight is 393 g/mol. The number of hydrogen-bond acceptors (Lipinski definition) is 4. The Morgan fingerprint density at radius 3 is 2.54 bits per heavy atom. The first-order valence-corrected chi connectivity index (χ1v) is 8.66. The maximum Gasteiger partial charge on any atom is 0.513 e. The van der Waals surface area contributed by atoms with Gasteiger partial charge in [-0.3, -0.25) is 0 Å². The molecule has 128 valence electrons. The Kier molecular flexibility index (Phi) is 6.67. The average Bonchev–Trinajstić information content (AvgIpc) is 2.61. The van der Waals surface area contributed by atoms with Crippen LogP contribution in [0.25, 0.3) is 0 Å². The van der Waals surface area contributed by atoms with E-state index in [0.717, 1.165) is 34.2 Å². The molecule has 24 heavy (non-hydrogen) atoms. The Morgan fingerprint density at radius 1 is 1.08 bits per heavy atom. The topological polar surface area (TPSA) is 44.8 Å². The van der Waals surface area contributed by atoms with E-state index in [2.05, 4.69) is 46.6 Å². The fraction of sp³-hybridized carbons (Fsp3) is 0.316. The summed E-state index contributed by atoms with van der Waals surface area (Å²) in [7, 11) is 1.28. The molecule has 2 rings (SSSR count). The van der Waals surface area contributed by atoms with Crippen molar-refractivity contribution < 1.29 is 19.0 Å². The van der Waals surface area contributed by atoms with Gasteiger partial charge in [0, 0.05) is 10.0 Å². The van der Waals surface area contributed by atoms with Gasteiger partial charge in [-0.15, -0.1) is 0 Å². The summed E-state index contributed by atoms with van der Waals surface area (Å²) in [5.74, 6) is 1.26. The van der Waals surface area contributed by atoms with Crippen molar-refractivity contribution in [1.29, 1.82) is 0 Å². The van der Waals surface area contributed by atoms with Crippen LogP contribution < -0.4 is 9.47 Å². The normalized spacial score (nSPS) is 10.3. The molecule has 0 bridgehead atoms.